The highest BCUT2D eigenvalue weighted by Gasteiger charge is 2.27. The van der Waals surface area contributed by atoms with Crippen molar-refractivity contribution in [2.75, 3.05) is 0 Å². The molecule has 0 radical (unpaired) electrons. The van der Waals surface area contributed by atoms with E-state index in [1.807, 2.05) is 6.92 Å². The molecule has 1 unspecified atom stereocenters. The van der Waals surface area contributed by atoms with Crippen LogP contribution >= 0.6 is 0 Å². The van der Waals surface area contributed by atoms with Crippen LogP contribution < -0.4 is 0 Å². The molecule has 174 valence electrons. The molecule has 32 heavy (non-hydrogen) atoms. The van der Waals surface area contributed by atoms with E-state index in [0.717, 1.165) is 24.0 Å². The second-order valence-corrected chi connectivity index (χ2v) is 9.13. The quantitative estimate of drug-likeness (QED) is 0.356. The third-order valence-corrected chi connectivity index (χ3v) is 5.16. The summed E-state index contributed by atoms with van der Waals surface area (Å²) in [7, 11) is 0. The van der Waals surface area contributed by atoms with Gasteiger partial charge in [0, 0.05) is 11.1 Å². The molecule has 2 aromatic carbocycles. The molecular weight excluding hydrogens is 408 g/mol. The number of benzene rings is 2. The molecule has 0 saturated heterocycles. The Balaban J connectivity index is 2.36. The minimum Gasteiger partial charge on any atom is -0.382 e. The number of carbonyl (C=O) groups is 2. The fourth-order valence-corrected chi connectivity index (χ4v) is 3.28. The molecular formula is C26H34O6. The van der Waals surface area contributed by atoms with Crippen LogP contribution in [0.2, 0.25) is 0 Å². The van der Waals surface area contributed by atoms with Crippen molar-refractivity contribution in [3.8, 4) is 0 Å². The highest BCUT2D eigenvalue weighted by molar-refractivity contribution is 6.02. The largest absolute Gasteiger partial charge is 0.382 e. The standard InChI is InChI=1S/C26H34O6/c1-6-7-8-21(27)32-22(17-9-13-19(14-10-17)23(28)25(2,3)30)18-11-15-20(16-12-18)24(29)26(4,5)31/h9-16,21-22,27,30-31H,6-8H2,1-5H3. The Morgan fingerprint density at radius 2 is 1.19 bits per heavy atom. The minimum absolute atomic E-state index is 0.373. The second kappa shape index (κ2) is 10.5. The van der Waals surface area contributed by atoms with Gasteiger partial charge in [0.05, 0.1) is 0 Å². The molecule has 0 aliphatic carbocycles. The summed E-state index contributed by atoms with van der Waals surface area (Å²) >= 11 is 0. The molecule has 0 aromatic heterocycles. The van der Waals surface area contributed by atoms with Crippen LogP contribution in [0.5, 0.6) is 0 Å². The predicted octanol–water partition coefficient (Wildman–Crippen LogP) is 4.21. The fraction of sp³-hybridized carbons (Fsp3) is 0.462. The number of aliphatic hydroxyl groups excluding tert-OH is 1. The van der Waals surface area contributed by atoms with Gasteiger partial charge in [-0.05, 0) is 51.7 Å². The van der Waals surface area contributed by atoms with Crippen molar-refractivity contribution < 1.29 is 29.6 Å². The van der Waals surface area contributed by atoms with Gasteiger partial charge in [0.2, 0.25) is 0 Å². The first-order valence-electron chi connectivity index (χ1n) is 10.9. The second-order valence-electron chi connectivity index (χ2n) is 9.13. The van der Waals surface area contributed by atoms with Gasteiger partial charge < -0.3 is 20.1 Å². The monoisotopic (exact) mass is 442 g/mol. The molecule has 2 rings (SSSR count). The zero-order valence-electron chi connectivity index (χ0n) is 19.5. The fourth-order valence-electron chi connectivity index (χ4n) is 3.28. The van der Waals surface area contributed by atoms with Crippen LogP contribution in [0.1, 0.15) is 91.8 Å². The van der Waals surface area contributed by atoms with Crippen LogP contribution in [0, 0.1) is 0 Å². The number of hydrogen-bond acceptors (Lipinski definition) is 6. The Morgan fingerprint density at radius 3 is 1.50 bits per heavy atom. The highest BCUT2D eigenvalue weighted by Crippen LogP contribution is 2.29. The maximum Gasteiger partial charge on any atom is 0.193 e. The molecule has 0 bridgehead atoms. The minimum atomic E-state index is -1.48. The van der Waals surface area contributed by atoms with E-state index in [4.69, 9.17) is 4.74 Å². The van der Waals surface area contributed by atoms with Crippen molar-refractivity contribution in [3.05, 3.63) is 70.8 Å². The first-order chi connectivity index (χ1) is 14.8. The maximum absolute atomic E-state index is 12.3. The van der Waals surface area contributed by atoms with Gasteiger partial charge in [-0.3, -0.25) is 9.59 Å². The van der Waals surface area contributed by atoms with Crippen LogP contribution in [0.15, 0.2) is 48.5 Å². The molecule has 6 nitrogen and oxygen atoms in total. The van der Waals surface area contributed by atoms with Crippen molar-refractivity contribution in [1.29, 1.82) is 0 Å². The van der Waals surface area contributed by atoms with Crippen LogP contribution in [-0.4, -0.2) is 44.4 Å². The van der Waals surface area contributed by atoms with E-state index >= 15 is 0 Å². The van der Waals surface area contributed by atoms with Crippen molar-refractivity contribution in [1.82, 2.24) is 0 Å². The lowest BCUT2D eigenvalue weighted by Gasteiger charge is -2.24. The number of aliphatic hydroxyl groups is 3. The van der Waals surface area contributed by atoms with Crippen molar-refractivity contribution in [3.63, 3.8) is 0 Å². The van der Waals surface area contributed by atoms with Crippen molar-refractivity contribution in [2.24, 2.45) is 0 Å². The molecule has 0 fully saturated rings. The Bertz CT molecular complexity index is 832. The van der Waals surface area contributed by atoms with Crippen LogP contribution in [-0.2, 0) is 4.74 Å². The molecule has 0 aliphatic heterocycles. The number of unbranched alkanes of at least 4 members (excludes halogenated alkanes) is 1. The molecule has 3 N–H and O–H groups in total. The van der Waals surface area contributed by atoms with Gasteiger partial charge in [-0.25, -0.2) is 0 Å². The van der Waals surface area contributed by atoms with Crippen molar-refractivity contribution in [2.45, 2.75) is 77.5 Å². The molecule has 0 amide bonds. The SMILES string of the molecule is CCCCC(O)OC(c1ccc(C(=O)C(C)(C)O)cc1)c1ccc(C(=O)C(C)(C)O)cc1. The molecule has 6 heteroatoms. The highest BCUT2D eigenvalue weighted by atomic mass is 16.6. The van der Waals surface area contributed by atoms with Crippen LogP contribution in [0.3, 0.4) is 0 Å². The summed E-state index contributed by atoms with van der Waals surface area (Å²) in [4.78, 5) is 24.6. The normalized spacial score (nSPS) is 13.3. The molecule has 2 aromatic rings. The molecule has 1 atom stereocenters. The summed E-state index contributed by atoms with van der Waals surface area (Å²) < 4.78 is 5.95. The topological polar surface area (TPSA) is 104 Å². The number of rotatable bonds is 11. The molecule has 0 aliphatic rings. The Morgan fingerprint density at radius 1 is 0.812 bits per heavy atom. The first-order valence-corrected chi connectivity index (χ1v) is 10.9. The molecule has 0 spiro atoms. The van der Waals surface area contributed by atoms with E-state index in [1.165, 1.54) is 27.7 Å². The zero-order valence-corrected chi connectivity index (χ0v) is 19.5. The Labute approximate surface area is 189 Å². The number of Topliss-reactive ketones (excluding diaryl/α,β-unsaturated/α-hetero) is 2. The summed E-state index contributed by atoms with van der Waals surface area (Å²) in [5, 5.41) is 30.3. The van der Waals surface area contributed by atoms with Gasteiger partial charge in [-0.2, -0.15) is 0 Å². The lowest BCUT2D eigenvalue weighted by molar-refractivity contribution is -0.130. The van der Waals surface area contributed by atoms with Gasteiger partial charge in [-0.1, -0.05) is 61.9 Å². The number of ketones is 2. The van der Waals surface area contributed by atoms with Crippen LogP contribution in [0.25, 0.3) is 0 Å². The van der Waals surface area contributed by atoms with Crippen molar-refractivity contribution >= 4 is 11.6 Å². The van der Waals surface area contributed by atoms with Gasteiger partial charge in [0.1, 0.15) is 17.3 Å². The van der Waals surface area contributed by atoms with Gasteiger partial charge in [0.15, 0.2) is 17.9 Å². The first kappa shape index (κ1) is 25.9. The maximum atomic E-state index is 12.3. The van der Waals surface area contributed by atoms with Gasteiger partial charge >= 0.3 is 0 Å². The van der Waals surface area contributed by atoms with E-state index in [-0.39, 0.29) is 11.6 Å². The van der Waals surface area contributed by atoms with E-state index < -0.39 is 23.6 Å². The molecule has 0 saturated carbocycles. The number of hydrogen-bond donors (Lipinski definition) is 3. The number of ether oxygens (including phenoxy) is 1. The Kier molecular flexibility index (Phi) is 8.48. The van der Waals surface area contributed by atoms with E-state index in [2.05, 4.69) is 0 Å². The smallest absolute Gasteiger partial charge is 0.193 e. The Hall–Kier alpha value is -2.38. The van der Waals surface area contributed by atoms with E-state index in [9.17, 15) is 24.9 Å². The lowest BCUT2D eigenvalue weighted by Crippen LogP contribution is -2.31. The summed E-state index contributed by atoms with van der Waals surface area (Å²) in [6, 6.07) is 13.4. The summed E-state index contributed by atoms with van der Waals surface area (Å²) in [6.07, 6.45) is 0.616. The molecule has 0 heterocycles. The average Bonchev–Trinajstić information content (AvgIpc) is 2.74. The third-order valence-electron chi connectivity index (χ3n) is 5.16. The average molecular weight is 443 g/mol. The lowest BCUT2D eigenvalue weighted by atomic mass is 9.92. The van der Waals surface area contributed by atoms with Gasteiger partial charge in [0.25, 0.3) is 0 Å². The third kappa shape index (κ3) is 6.81. The van der Waals surface area contributed by atoms with Gasteiger partial charge in [-0.15, -0.1) is 0 Å². The van der Waals surface area contributed by atoms with E-state index in [1.54, 1.807) is 48.5 Å². The summed E-state index contributed by atoms with van der Waals surface area (Å²) in [5.41, 5.74) is -0.771. The zero-order chi connectivity index (χ0) is 24.1. The summed E-state index contributed by atoms with van der Waals surface area (Å²) in [6.45, 7) is 7.79. The van der Waals surface area contributed by atoms with Crippen LogP contribution in [0.4, 0.5) is 0 Å². The predicted molar refractivity (Wildman–Crippen MR) is 123 cm³/mol. The number of carbonyl (C=O) groups excluding carboxylic acids is 2. The summed E-state index contributed by atoms with van der Waals surface area (Å²) in [5.74, 6) is -0.780. The van der Waals surface area contributed by atoms with E-state index in [0.29, 0.717) is 17.5 Å².